The van der Waals surface area contributed by atoms with Gasteiger partial charge in [-0.1, -0.05) is 12.8 Å². The molecule has 3 fully saturated rings. The molecular weight excluding hydrogens is 344 g/mol. The Morgan fingerprint density at radius 1 is 1.20 bits per heavy atom. The molecule has 4 amide bonds. The minimum Gasteiger partial charge on any atom is -0.336 e. The Bertz CT molecular complexity index is 548. The lowest BCUT2D eigenvalue weighted by atomic mass is 9.95. The van der Waals surface area contributed by atoms with Gasteiger partial charge in [0.15, 0.2) is 0 Å². The molecule has 0 radical (unpaired) electrons. The topological polar surface area (TPSA) is 95.7 Å². The van der Waals surface area contributed by atoms with Crippen molar-refractivity contribution in [1.82, 2.24) is 15.1 Å². The predicted molar refractivity (Wildman–Crippen MR) is 96.3 cm³/mol. The number of amides is 4. The highest BCUT2D eigenvalue weighted by Crippen LogP contribution is 2.36. The molecule has 1 spiro atoms. The van der Waals surface area contributed by atoms with Crippen LogP contribution in [0.5, 0.6) is 0 Å². The summed E-state index contributed by atoms with van der Waals surface area (Å²) >= 11 is 0. The van der Waals surface area contributed by atoms with E-state index in [1.54, 1.807) is 11.8 Å². The molecule has 0 bridgehead atoms. The molecule has 25 heavy (non-hydrogen) atoms. The van der Waals surface area contributed by atoms with Crippen molar-refractivity contribution in [1.29, 1.82) is 0 Å². The first-order chi connectivity index (χ1) is 11.4. The fourth-order valence-electron chi connectivity index (χ4n) is 4.44. The van der Waals surface area contributed by atoms with Crippen molar-refractivity contribution < 1.29 is 14.4 Å². The zero-order valence-corrected chi connectivity index (χ0v) is 15.8. The molecule has 1 saturated carbocycles. The highest BCUT2D eigenvalue weighted by molar-refractivity contribution is 6.10. The first kappa shape index (κ1) is 20.0. The van der Waals surface area contributed by atoms with E-state index >= 15 is 0 Å². The summed E-state index contributed by atoms with van der Waals surface area (Å²) in [4.78, 5) is 41.1. The fraction of sp³-hybridized carbons (Fsp3) is 0.824. The third-order valence-corrected chi connectivity index (χ3v) is 5.83. The first-order valence-electron chi connectivity index (χ1n) is 9.09. The number of hydrogen-bond acceptors (Lipinski definition) is 4. The van der Waals surface area contributed by atoms with Gasteiger partial charge in [0.25, 0.3) is 5.91 Å². The number of carbonyl (C=O) groups is 3. The van der Waals surface area contributed by atoms with Crippen LogP contribution in [-0.4, -0.2) is 57.9 Å². The minimum absolute atomic E-state index is 0. The van der Waals surface area contributed by atoms with Crippen LogP contribution in [0.2, 0.25) is 0 Å². The van der Waals surface area contributed by atoms with E-state index in [4.69, 9.17) is 5.73 Å². The third kappa shape index (κ3) is 3.36. The van der Waals surface area contributed by atoms with Gasteiger partial charge in [-0.2, -0.15) is 0 Å². The lowest BCUT2D eigenvalue weighted by Crippen LogP contribution is -2.58. The van der Waals surface area contributed by atoms with Crippen molar-refractivity contribution in [3.05, 3.63) is 0 Å². The zero-order chi connectivity index (χ0) is 17.5. The lowest BCUT2D eigenvalue weighted by molar-refractivity contribution is -0.145. The molecule has 0 aromatic heterocycles. The molecule has 2 heterocycles. The average molecular weight is 373 g/mol. The summed E-state index contributed by atoms with van der Waals surface area (Å²) in [6, 6.07) is -1.35. The molecular formula is C17H29ClN4O3. The minimum atomic E-state index is -0.781. The van der Waals surface area contributed by atoms with E-state index in [9.17, 15) is 14.4 Å². The number of imide groups is 1. The Morgan fingerprint density at radius 2 is 1.84 bits per heavy atom. The van der Waals surface area contributed by atoms with Crippen LogP contribution in [0.1, 0.15) is 58.8 Å². The van der Waals surface area contributed by atoms with Gasteiger partial charge in [-0.05, 0) is 46.0 Å². The number of rotatable bonds is 3. The SMILES string of the molecule is CC(N)C1CCCCN1C(=O)C(C)N1C(=O)NC2(CCCC2)C1=O.Cl. The molecule has 3 atom stereocenters. The third-order valence-electron chi connectivity index (χ3n) is 5.83. The van der Waals surface area contributed by atoms with Crippen LogP contribution in [0.15, 0.2) is 0 Å². The maximum absolute atomic E-state index is 13.0. The molecule has 8 heteroatoms. The second-order valence-corrected chi connectivity index (χ2v) is 7.52. The number of urea groups is 1. The van der Waals surface area contributed by atoms with E-state index in [-0.39, 0.29) is 36.3 Å². The maximum atomic E-state index is 13.0. The largest absolute Gasteiger partial charge is 0.336 e. The maximum Gasteiger partial charge on any atom is 0.325 e. The first-order valence-corrected chi connectivity index (χ1v) is 9.09. The van der Waals surface area contributed by atoms with Gasteiger partial charge in [-0.3, -0.25) is 9.59 Å². The number of nitrogens with two attached hydrogens (primary N) is 1. The van der Waals surface area contributed by atoms with Crippen molar-refractivity contribution in [3.8, 4) is 0 Å². The summed E-state index contributed by atoms with van der Waals surface area (Å²) in [5.74, 6) is -0.407. The number of nitrogens with one attached hydrogen (secondary N) is 1. The number of piperidine rings is 1. The Kier molecular flexibility index (Phi) is 5.99. The van der Waals surface area contributed by atoms with E-state index in [0.29, 0.717) is 19.4 Å². The lowest BCUT2D eigenvalue weighted by Gasteiger charge is -2.40. The van der Waals surface area contributed by atoms with Crippen LogP contribution in [0, 0.1) is 0 Å². The van der Waals surface area contributed by atoms with Gasteiger partial charge in [-0.25, -0.2) is 9.69 Å². The number of carbonyl (C=O) groups excluding carboxylic acids is 3. The van der Waals surface area contributed by atoms with Gasteiger partial charge < -0.3 is 16.0 Å². The molecule has 0 aromatic rings. The van der Waals surface area contributed by atoms with Crippen LogP contribution < -0.4 is 11.1 Å². The monoisotopic (exact) mass is 372 g/mol. The summed E-state index contributed by atoms with van der Waals surface area (Å²) in [5.41, 5.74) is 5.27. The van der Waals surface area contributed by atoms with Crippen LogP contribution in [0.3, 0.4) is 0 Å². The Labute approximate surface area is 155 Å². The molecule has 2 saturated heterocycles. The summed E-state index contributed by atoms with van der Waals surface area (Å²) in [6.45, 7) is 4.20. The molecule has 1 aliphatic carbocycles. The fourth-order valence-corrected chi connectivity index (χ4v) is 4.44. The van der Waals surface area contributed by atoms with Gasteiger partial charge in [0.05, 0.1) is 0 Å². The van der Waals surface area contributed by atoms with E-state index in [2.05, 4.69) is 5.32 Å². The molecule has 3 unspecified atom stereocenters. The molecule has 3 aliphatic rings. The van der Waals surface area contributed by atoms with E-state index < -0.39 is 17.6 Å². The Balaban J connectivity index is 0.00000225. The molecule has 3 rings (SSSR count). The number of likely N-dealkylation sites (tertiary alicyclic amines) is 1. The Morgan fingerprint density at radius 3 is 2.44 bits per heavy atom. The van der Waals surface area contributed by atoms with Crippen molar-refractivity contribution in [2.45, 2.75) is 82.5 Å². The van der Waals surface area contributed by atoms with E-state index in [0.717, 1.165) is 37.0 Å². The Hall–Kier alpha value is -1.34. The van der Waals surface area contributed by atoms with E-state index in [1.807, 2.05) is 6.92 Å². The smallest absolute Gasteiger partial charge is 0.325 e. The van der Waals surface area contributed by atoms with Crippen LogP contribution in [0.4, 0.5) is 4.79 Å². The molecule has 7 nitrogen and oxygen atoms in total. The van der Waals surface area contributed by atoms with Crippen LogP contribution in [0.25, 0.3) is 0 Å². The van der Waals surface area contributed by atoms with E-state index in [1.165, 1.54) is 0 Å². The summed E-state index contributed by atoms with van der Waals surface area (Å²) in [7, 11) is 0. The van der Waals surface area contributed by atoms with Crippen molar-refractivity contribution in [3.63, 3.8) is 0 Å². The van der Waals surface area contributed by atoms with Gasteiger partial charge in [0.2, 0.25) is 5.91 Å². The van der Waals surface area contributed by atoms with Gasteiger partial charge in [0, 0.05) is 18.6 Å². The highest BCUT2D eigenvalue weighted by atomic mass is 35.5. The van der Waals surface area contributed by atoms with Gasteiger partial charge in [0.1, 0.15) is 11.6 Å². The second kappa shape index (κ2) is 7.50. The van der Waals surface area contributed by atoms with Crippen molar-refractivity contribution >= 4 is 30.3 Å². The number of nitrogens with zero attached hydrogens (tertiary/aromatic N) is 2. The zero-order valence-electron chi connectivity index (χ0n) is 15.0. The molecule has 3 N–H and O–H groups in total. The summed E-state index contributed by atoms with van der Waals surface area (Å²) in [5, 5.41) is 2.84. The average Bonchev–Trinajstić information content (AvgIpc) is 3.12. The highest BCUT2D eigenvalue weighted by Gasteiger charge is 2.55. The molecule has 142 valence electrons. The second-order valence-electron chi connectivity index (χ2n) is 7.52. The van der Waals surface area contributed by atoms with Crippen LogP contribution in [-0.2, 0) is 9.59 Å². The number of hydrogen-bond donors (Lipinski definition) is 2. The standard InChI is InChI=1S/C17H28N4O3.ClH/c1-11(18)13-7-3-6-10-20(13)14(22)12(2)21-15(23)17(19-16(21)24)8-4-5-9-17;/h11-13H,3-10,18H2,1-2H3,(H,19,24);1H. The predicted octanol–water partition coefficient (Wildman–Crippen LogP) is 1.39. The van der Waals surface area contributed by atoms with Crippen LogP contribution >= 0.6 is 12.4 Å². The quantitative estimate of drug-likeness (QED) is 0.732. The van der Waals surface area contributed by atoms with Crippen molar-refractivity contribution in [2.24, 2.45) is 5.73 Å². The normalized spacial score (nSPS) is 27.9. The summed E-state index contributed by atoms with van der Waals surface area (Å²) < 4.78 is 0. The van der Waals surface area contributed by atoms with Gasteiger partial charge >= 0.3 is 6.03 Å². The van der Waals surface area contributed by atoms with Crippen molar-refractivity contribution in [2.75, 3.05) is 6.54 Å². The number of halogens is 1. The van der Waals surface area contributed by atoms with Gasteiger partial charge in [-0.15, -0.1) is 12.4 Å². The summed E-state index contributed by atoms with van der Waals surface area (Å²) in [6.07, 6.45) is 6.06. The molecule has 0 aromatic carbocycles. The molecule has 2 aliphatic heterocycles.